The first-order valence-corrected chi connectivity index (χ1v) is 9.09. The molecule has 1 atom stereocenters. The van der Waals surface area contributed by atoms with Gasteiger partial charge in [-0.1, -0.05) is 0 Å². The third-order valence-corrected chi connectivity index (χ3v) is 5.47. The molecule has 2 N–H and O–H groups in total. The number of phenolic OH excluding ortho intramolecular Hbond substituents is 1. The summed E-state index contributed by atoms with van der Waals surface area (Å²) in [7, 11) is 1.60. The number of piperazine rings is 1. The molecule has 0 amide bonds. The van der Waals surface area contributed by atoms with E-state index in [-0.39, 0.29) is 30.6 Å². The van der Waals surface area contributed by atoms with E-state index in [9.17, 15) is 5.11 Å². The molecule has 2 aliphatic rings. The van der Waals surface area contributed by atoms with E-state index in [1.54, 1.807) is 7.11 Å². The molecule has 0 spiro atoms. The molecule has 0 aliphatic carbocycles. The number of methoxy groups -OCH3 is 1. The van der Waals surface area contributed by atoms with Gasteiger partial charge in [0.1, 0.15) is 0 Å². The summed E-state index contributed by atoms with van der Waals surface area (Å²) in [6.45, 7) is 5.81. The minimum atomic E-state index is 0. The summed E-state index contributed by atoms with van der Waals surface area (Å²) < 4.78 is 11.6. The molecule has 2 saturated heterocycles. The number of phenols is 1. The molecule has 2 heterocycles. The van der Waals surface area contributed by atoms with Crippen LogP contribution in [0.5, 0.6) is 11.5 Å². The van der Waals surface area contributed by atoms with Crippen LogP contribution in [-0.2, 0) is 4.74 Å². The molecule has 8 heteroatoms. The topological polar surface area (TPSA) is 54.0 Å². The van der Waals surface area contributed by atoms with Crippen LogP contribution in [0.1, 0.15) is 24.4 Å². The van der Waals surface area contributed by atoms with E-state index in [4.69, 9.17) is 9.47 Å². The number of hydrogen-bond donors (Lipinski definition) is 2. The van der Waals surface area contributed by atoms with E-state index >= 15 is 0 Å². The van der Waals surface area contributed by atoms with Crippen molar-refractivity contribution in [1.82, 2.24) is 10.2 Å². The van der Waals surface area contributed by atoms with Crippen LogP contribution in [0.25, 0.3) is 0 Å². The first-order chi connectivity index (χ1) is 11.2. The van der Waals surface area contributed by atoms with Crippen molar-refractivity contribution < 1.29 is 14.6 Å². The maximum Gasteiger partial charge on any atom is 0.172 e. The van der Waals surface area contributed by atoms with Gasteiger partial charge in [0.05, 0.1) is 11.6 Å². The number of ether oxygens (including phenoxy) is 2. The molecule has 0 bridgehead atoms. The Balaban J connectivity index is 0.00000156. The molecular formula is C17H27BrCl2N2O3. The molecule has 0 aromatic heterocycles. The normalized spacial score (nSPS) is 20.2. The van der Waals surface area contributed by atoms with Gasteiger partial charge in [0, 0.05) is 45.4 Å². The standard InChI is InChI=1S/C17H25BrN2O3.2ClH/c1-22-15-11-13(10-14(18)17(15)21)16(12-2-8-23-9-3-12)20-6-4-19-5-7-20;;/h10-12,16,19,21H,2-9H2,1H3;2*1H/t16-;;/m0../s1. The smallest absolute Gasteiger partial charge is 0.172 e. The molecule has 0 radical (unpaired) electrons. The zero-order chi connectivity index (χ0) is 16.2. The Hall–Kier alpha value is -0.240. The molecule has 2 fully saturated rings. The predicted octanol–water partition coefficient (Wildman–Crippen LogP) is 3.38. The molecule has 25 heavy (non-hydrogen) atoms. The summed E-state index contributed by atoms with van der Waals surface area (Å²) in [5, 5.41) is 13.5. The Morgan fingerprint density at radius 3 is 2.48 bits per heavy atom. The summed E-state index contributed by atoms with van der Waals surface area (Å²) in [5.74, 6) is 1.27. The molecule has 144 valence electrons. The molecular weight excluding hydrogens is 431 g/mol. The van der Waals surface area contributed by atoms with E-state index in [0.29, 0.717) is 22.2 Å². The van der Waals surface area contributed by atoms with Crippen molar-refractivity contribution in [3.8, 4) is 11.5 Å². The summed E-state index contributed by atoms with van der Waals surface area (Å²) in [5.41, 5.74) is 1.21. The largest absolute Gasteiger partial charge is 0.503 e. The van der Waals surface area contributed by atoms with E-state index in [0.717, 1.165) is 52.2 Å². The van der Waals surface area contributed by atoms with Crippen LogP contribution in [0.15, 0.2) is 16.6 Å². The highest BCUT2D eigenvalue weighted by Crippen LogP contribution is 2.42. The molecule has 5 nitrogen and oxygen atoms in total. The van der Waals surface area contributed by atoms with Gasteiger partial charge in [-0.15, -0.1) is 24.8 Å². The van der Waals surface area contributed by atoms with Crippen LogP contribution in [0.2, 0.25) is 0 Å². The van der Waals surface area contributed by atoms with E-state index in [1.807, 2.05) is 12.1 Å². The number of rotatable bonds is 4. The lowest BCUT2D eigenvalue weighted by Gasteiger charge is -2.41. The van der Waals surface area contributed by atoms with E-state index in [1.165, 1.54) is 5.56 Å². The van der Waals surface area contributed by atoms with Crippen molar-refractivity contribution in [1.29, 1.82) is 0 Å². The second-order valence-corrected chi connectivity index (χ2v) is 7.09. The van der Waals surface area contributed by atoms with Crippen molar-refractivity contribution in [3.63, 3.8) is 0 Å². The number of aromatic hydroxyl groups is 1. The Morgan fingerprint density at radius 1 is 1.24 bits per heavy atom. The van der Waals surface area contributed by atoms with Crippen LogP contribution < -0.4 is 10.1 Å². The summed E-state index contributed by atoms with van der Waals surface area (Å²) in [4.78, 5) is 2.56. The van der Waals surface area contributed by atoms with Gasteiger partial charge < -0.3 is 19.9 Å². The Kier molecular flexibility index (Phi) is 9.85. The molecule has 3 rings (SSSR count). The van der Waals surface area contributed by atoms with Crippen molar-refractivity contribution in [2.24, 2.45) is 5.92 Å². The van der Waals surface area contributed by atoms with Crippen molar-refractivity contribution in [2.75, 3.05) is 46.5 Å². The maximum absolute atomic E-state index is 10.1. The van der Waals surface area contributed by atoms with Crippen LogP contribution in [0.4, 0.5) is 0 Å². The Labute approximate surface area is 170 Å². The van der Waals surface area contributed by atoms with Gasteiger partial charge >= 0.3 is 0 Å². The molecule has 2 aliphatic heterocycles. The summed E-state index contributed by atoms with van der Waals surface area (Å²) >= 11 is 3.47. The second-order valence-electron chi connectivity index (χ2n) is 6.23. The second kappa shape index (κ2) is 10.8. The lowest BCUT2D eigenvalue weighted by Crippen LogP contribution is -2.47. The number of nitrogens with zero attached hydrogens (tertiary/aromatic N) is 1. The average Bonchev–Trinajstić information content (AvgIpc) is 2.60. The van der Waals surface area contributed by atoms with Gasteiger partial charge in [-0.25, -0.2) is 0 Å². The zero-order valence-electron chi connectivity index (χ0n) is 14.4. The van der Waals surface area contributed by atoms with Gasteiger partial charge in [-0.05, 0) is 52.4 Å². The van der Waals surface area contributed by atoms with Crippen molar-refractivity contribution >= 4 is 40.7 Å². The number of hydrogen-bond acceptors (Lipinski definition) is 5. The fourth-order valence-corrected chi connectivity index (χ4v) is 4.15. The van der Waals surface area contributed by atoms with E-state index < -0.39 is 0 Å². The van der Waals surface area contributed by atoms with Crippen LogP contribution in [-0.4, -0.2) is 56.5 Å². The SMILES string of the molecule is COc1cc([C@H](C2CCOCC2)N2CCNCC2)cc(Br)c1O.Cl.Cl. The molecule has 0 saturated carbocycles. The highest BCUT2D eigenvalue weighted by atomic mass is 79.9. The maximum atomic E-state index is 10.1. The molecule has 0 unspecified atom stereocenters. The highest BCUT2D eigenvalue weighted by Gasteiger charge is 2.32. The quantitative estimate of drug-likeness (QED) is 0.725. The molecule has 1 aromatic rings. The summed E-state index contributed by atoms with van der Waals surface area (Å²) in [6, 6.07) is 4.37. The van der Waals surface area contributed by atoms with Gasteiger partial charge in [0.15, 0.2) is 11.5 Å². The van der Waals surface area contributed by atoms with Crippen LogP contribution in [0.3, 0.4) is 0 Å². The number of nitrogens with one attached hydrogen (secondary N) is 1. The first kappa shape index (κ1) is 22.8. The highest BCUT2D eigenvalue weighted by molar-refractivity contribution is 9.10. The number of halogens is 3. The van der Waals surface area contributed by atoms with Gasteiger partial charge in [0.25, 0.3) is 0 Å². The third-order valence-electron chi connectivity index (χ3n) is 4.87. The van der Waals surface area contributed by atoms with Gasteiger partial charge in [0.2, 0.25) is 0 Å². The van der Waals surface area contributed by atoms with Gasteiger partial charge in [-0.2, -0.15) is 0 Å². The van der Waals surface area contributed by atoms with Gasteiger partial charge in [-0.3, -0.25) is 4.90 Å². The minimum absolute atomic E-state index is 0. The van der Waals surface area contributed by atoms with E-state index in [2.05, 4.69) is 26.1 Å². The lowest BCUT2D eigenvalue weighted by atomic mass is 9.85. The Bertz CT molecular complexity index is 521. The third kappa shape index (κ3) is 5.37. The molecule has 1 aromatic carbocycles. The fraction of sp³-hybridized carbons (Fsp3) is 0.647. The van der Waals surface area contributed by atoms with Crippen LogP contribution >= 0.6 is 40.7 Å². The van der Waals surface area contributed by atoms with Crippen molar-refractivity contribution in [3.05, 3.63) is 22.2 Å². The average molecular weight is 458 g/mol. The number of benzene rings is 1. The zero-order valence-corrected chi connectivity index (χ0v) is 17.6. The monoisotopic (exact) mass is 456 g/mol. The Morgan fingerprint density at radius 2 is 1.88 bits per heavy atom. The lowest BCUT2D eigenvalue weighted by molar-refractivity contribution is 0.0212. The fourth-order valence-electron chi connectivity index (χ4n) is 3.69. The minimum Gasteiger partial charge on any atom is -0.503 e. The van der Waals surface area contributed by atoms with Crippen molar-refractivity contribution in [2.45, 2.75) is 18.9 Å². The predicted molar refractivity (Wildman–Crippen MR) is 108 cm³/mol. The van der Waals surface area contributed by atoms with Crippen LogP contribution in [0, 0.1) is 5.92 Å². The first-order valence-electron chi connectivity index (χ1n) is 8.29. The summed E-state index contributed by atoms with van der Waals surface area (Å²) in [6.07, 6.45) is 2.16.